The molecular weight excluding hydrogens is 733 g/mol. The summed E-state index contributed by atoms with van der Waals surface area (Å²) in [6.45, 7) is 0. The van der Waals surface area contributed by atoms with Crippen molar-refractivity contribution in [2.75, 3.05) is 0 Å². The van der Waals surface area contributed by atoms with Crippen LogP contribution in [0.3, 0.4) is 0 Å². The number of hydrogen-bond donors (Lipinski definition) is 0. The summed E-state index contributed by atoms with van der Waals surface area (Å²) in [6, 6.07) is 64.8. The molecule has 0 bridgehead atoms. The highest BCUT2D eigenvalue weighted by Crippen LogP contribution is 2.48. The van der Waals surface area contributed by atoms with Crippen LogP contribution in [0.1, 0.15) is 0 Å². The first-order chi connectivity index (χ1) is 28.2. The van der Waals surface area contributed by atoms with Crippen molar-refractivity contribution >= 4 is 84.8 Å². The third-order valence-electron chi connectivity index (χ3n) is 11.0. The van der Waals surface area contributed by atoms with Crippen molar-refractivity contribution in [3.8, 4) is 51.0 Å². The van der Waals surface area contributed by atoms with E-state index in [2.05, 4.69) is 150 Å². The lowest BCUT2D eigenvalue weighted by Gasteiger charge is -2.13. The molecule has 6 heteroatoms. The Hall–Kier alpha value is -6.99. The SMILES string of the molecule is c1ccc(-c2nc(-c3ccccc3)nc(-c3cc(-c4cccc(-n5c6ccccc6c6ccccc65)c4)cc4c3sc3ccc5c6ccccc6sc5c34)n2)cc1. The molecule has 8 aromatic carbocycles. The zero-order valence-corrected chi connectivity index (χ0v) is 32.1. The van der Waals surface area contributed by atoms with Gasteiger partial charge in [-0.2, -0.15) is 0 Å². The lowest BCUT2D eigenvalue weighted by atomic mass is 9.98. The maximum absolute atomic E-state index is 5.26. The largest absolute Gasteiger partial charge is 0.309 e. The molecule has 0 N–H and O–H groups in total. The highest BCUT2D eigenvalue weighted by Gasteiger charge is 2.21. The fraction of sp³-hybridized carbons (Fsp3) is 0. The van der Waals surface area contributed by atoms with Gasteiger partial charge in [0.05, 0.1) is 11.0 Å². The molecule has 0 spiro atoms. The molecule has 12 rings (SSSR count). The van der Waals surface area contributed by atoms with E-state index in [1.165, 1.54) is 62.2 Å². The second-order valence-electron chi connectivity index (χ2n) is 14.4. The average Bonchev–Trinajstić information content (AvgIpc) is 3.96. The van der Waals surface area contributed by atoms with E-state index in [-0.39, 0.29) is 0 Å². The van der Waals surface area contributed by atoms with Crippen LogP contribution in [0.15, 0.2) is 182 Å². The summed E-state index contributed by atoms with van der Waals surface area (Å²) in [5.74, 6) is 1.96. The summed E-state index contributed by atoms with van der Waals surface area (Å²) in [5, 5.41) is 7.59. The van der Waals surface area contributed by atoms with Gasteiger partial charge in [0.2, 0.25) is 0 Å². The molecule has 0 saturated carbocycles. The van der Waals surface area contributed by atoms with Crippen molar-refractivity contribution in [2.24, 2.45) is 0 Å². The number of benzene rings is 8. The van der Waals surface area contributed by atoms with E-state index < -0.39 is 0 Å². The van der Waals surface area contributed by atoms with Crippen LogP contribution in [0.2, 0.25) is 0 Å². The molecule has 0 radical (unpaired) electrons. The van der Waals surface area contributed by atoms with Crippen molar-refractivity contribution in [3.05, 3.63) is 182 Å². The molecule has 0 aliphatic carbocycles. The first-order valence-corrected chi connectivity index (χ1v) is 20.7. The molecule has 57 heavy (non-hydrogen) atoms. The molecule has 0 aliphatic heterocycles. The highest BCUT2D eigenvalue weighted by atomic mass is 32.1. The van der Waals surface area contributed by atoms with Crippen LogP contribution < -0.4 is 0 Å². The molecular formula is C51H30N4S2. The van der Waals surface area contributed by atoms with Crippen LogP contribution in [-0.4, -0.2) is 19.5 Å². The van der Waals surface area contributed by atoms with E-state index >= 15 is 0 Å². The van der Waals surface area contributed by atoms with Crippen LogP contribution in [0.4, 0.5) is 0 Å². The number of rotatable bonds is 5. The van der Waals surface area contributed by atoms with Crippen LogP contribution in [0.5, 0.6) is 0 Å². The third kappa shape index (κ3) is 5.15. The predicted octanol–water partition coefficient (Wildman–Crippen LogP) is 14.4. The molecule has 4 aromatic heterocycles. The van der Waals surface area contributed by atoms with E-state index in [9.17, 15) is 0 Å². The Morgan fingerprint density at radius 1 is 0.351 bits per heavy atom. The number of thiophene rings is 2. The Labute approximate surface area is 335 Å². The summed E-state index contributed by atoms with van der Waals surface area (Å²) < 4.78 is 7.42. The summed E-state index contributed by atoms with van der Waals surface area (Å²) in [6.07, 6.45) is 0. The second-order valence-corrected chi connectivity index (χ2v) is 16.5. The summed E-state index contributed by atoms with van der Waals surface area (Å²) in [5.41, 5.74) is 8.64. The van der Waals surface area contributed by atoms with Gasteiger partial charge < -0.3 is 4.57 Å². The van der Waals surface area contributed by atoms with Gasteiger partial charge in [0.15, 0.2) is 17.5 Å². The smallest absolute Gasteiger partial charge is 0.165 e. The summed E-state index contributed by atoms with van der Waals surface area (Å²) in [4.78, 5) is 15.6. The monoisotopic (exact) mass is 762 g/mol. The minimum Gasteiger partial charge on any atom is -0.309 e. The predicted molar refractivity (Wildman–Crippen MR) is 242 cm³/mol. The molecule has 0 aliphatic rings. The van der Waals surface area contributed by atoms with Crippen molar-refractivity contribution in [1.29, 1.82) is 0 Å². The summed E-state index contributed by atoms with van der Waals surface area (Å²) >= 11 is 3.70. The average molecular weight is 763 g/mol. The second kappa shape index (κ2) is 12.8. The van der Waals surface area contributed by atoms with Gasteiger partial charge in [0.1, 0.15) is 0 Å². The van der Waals surface area contributed by atoms with Gasteiger partial charge in [-0.05, 0) is 59.7 Å². The highest BCUT2D eigenvalue weighted by molar-refractivity contribution is 7.30. The van der Waals surface area contributed by atoms with Gasteiger partial charge in [-0.1, -0.05) is 133 Å². The Morgan fingerprint density at radius 2 is 0.930 bits per heavy atom. The molecule has 0 saturated heterocycles. The number of para-hydroxylation sites is 2. The Kier molecular flexibility index (Phi) is 7.24. The normalized spacial score (nSPS) is 11.9. The summed E-state index contributed by atoms with van der Waals surface area (Å²) in [7, 11) is 0. The minimum atomic E-state index is 0.652. The van der Waals surface area contributed by atoms with Crippen molar-refractivity contribution in [1.82, 2.24) is 19.5 Å². The van der Waals surface area contributed by atoms with Crippen molar-refractivity contribution in [3.63, 3.8) is 0 Å². The Balaban J connectivity index is 1.16. The lowest BCUT2D eigenvalue weighted by molar-refractivity contribution is 1.08. The zero-order chi connectivity index (χ0) is 37.5. The van der Waals surface area contributed by atoms with Gasteiger partial charge in [-0.15, -0.1) is 22.7 Å². The Bertz CT molecular complexity index is 3410. The number of aromatic nitrogens is 4. The first-order valence-electron chi connectivity index (χ1n) is 19.0. The third-order valence-corrected chi connectivity index (χ3v) is 13.4. The van der Waals surface area contributed by atoms with Gasteiger partial charge >= 0.3 is 0 Å². The van der Waals surface area contributed by atoms with E-state index in [0.717, 1.165) is 33.5 Å². The fourth-order valence-corrected chi connectivity index (χ4v) is 11.0. The van der Waals surface area contributed by atoms with Crippen LogP contribution in [-0.2, 0) is 0 Å². The molecule has 0 fully saturated rings. The molecule has 266 valence electrons. The zero-order valence-electron chi connectivity index (χ0n) is 30.4. The van der Waals surface area contributed by atoms with Crippen LogP contribution in [0, 0.1) is 0 Å². The molecule has 0 amide bonds. The van der Waals surface area contributed by atoms with Crippen LogP contribution in [0.25, 0.3) is 113 Å². The van der Waals surface area contributed by atoms with Crippen molar-refractivity contribution < 1.29 is 0 Å². The quantitative estimate of drug-likeness (QED) is 0.175. The van der Waals surface area contributed by atoms with Gasteiger partial charge in [-0.25, -0.2) is 15.0 Å². The van der Waals surface area contributed by atoms with Gasteiger partial charge in [0.25, 0.3) is 0 Å². The van der Waals surface area contributed by atoms with Gasteiger partial charge in [-0.3, -0.25) is 0 Å². The lowest BCUT2D eigenvalue weighted by Crippen LogP contribution is -2.00. The topological polar surface area (TPSA) is 43.6 Å². The number of nitrogens with zero attached hydrogens (tertiary/aromatic N) is 4. The number of hydrogen-bond acceptors (Lipinski definition) is 5. The van der Waals surface area contributed by atoms with Crippen LogP contribution >= 0.6 is 22.7 Å². The Morgan fingerprint density at radius 3 is 1.63 bits per heavy atom. The fourth-order valence-electron chi connectivity index (χ4n) is 8.43. The molecule has 4 nitrogen and oxygen atoms in total. The number of fused-ring (bicyclic) bond motifs is 10. The van der Waals surface area contributed by atoms with Gasteiger partial charge in [0, 0.05) is 73.5 Å². The van der Waals surface area contributed by atoms with E-state index in [4.69, 9.17) is 15.0 Å². The first kappa shape index (κ1) is 32.3. The van der Waals surface area contributed by atoms with E-state index in [1.54, 1.807) is 0 Å². The van der Waals surface area contributed by atoms with Crippen molar-refractivity contribution in [2.45, 2.75) is 0 Å². The standard InChI is InChI=1S/C51H30N4S2/c1-3-14-31(15-4-1)49-52-50(32-16-5-2-6-17-32)54-51(53-49)41-30-34(29-40-46-45(57-47(40)41)27-26-39-38-22-9-12-25-44(38)56-48(39)46)33-18-13-19-35(28-33)55-42-23-10-7-20-36(42)37-21-8-11-24-43(37)55/h1-30H. The molecule has 0 unspecified atom stereocenters. The molecule has 12 aromatic rings. The molecule has 4 heterocycles. The molecule has 0 atom stereocenters. The minimum absolute atomic E-state index is 0.652. The van der Waals surface area contributed by atoms with E-state index in [1.807, 2.05) is 59.1 Å². The maximum Gasteiger partial charge on any atom is 0.165 e. The van der Waals surface area contributed by atoms with E-state index in [0.29, 0.717) is 17.5 Å². The maximum atomic E-state index is 5.26.